The highest BCUT2D eigenvalue weighted by Gasteiger charge is 2.26. The van der Waals surface area contributed by atoms with Gasteiger partial charge in [0.2, 0.25) is 0 Å². The summed E-state index contributed by atoms with van der Waals surface area (Å²) in [5, 5.41) is 0.1000. The molecular weight excluding hydrogens is 298 g/mol. The van der Waals surface area contributed by atoms with Crippen LogP contribution in [0.1, 0.15) is 39.6 Å². The summed E-state index contributed by atoms with van der Waals surface area (Å²) in [5.74, 6) is 0.939. The van der Waals surface area contributed by atoms with E-state index in [1.54, 1.807) is 6.07 Å². The van der Waals surface area contributed by atoms with Gasteiger partial charge < -0.3 is 4.57 Å². The first-order chi connectivity index (χ1) is 9.25. The highest BCUT2D eigenvalue weighted by atomic mass is 35.5. The first-order valence-electron chi connectivity index (χ1n) is 6.67. The number of imidazole rings is 1. The molecule has 5 heteroatoms. The Hall–Kier alpha value is -0.800. The molecule has 0 amide bonds. The minimum Gasteiger partial charge on any atom is -0.324 e. The van der Waals surface area contributed by atoms with Crippen molar-refractivity contribution in [2.24, 2.45) is 5.41 Å². The molecule has 1 unspecified atom stereocenters. The molecule has 0 bridgehead atoms. The van der Waals surface area contributed by atoms with Crippen LogP contribution in [0.5, 0.6) is 0 Å². The number of rotatable bonds is 3. The van der Waals surface area contributed by atoms with E-state index in [2.05, 4.69) is 37.2 Å². The Morgan fingerprint density at radius 3 is 2.55 bits per heavy atom. The number of benzene rings is 1. The van der Waals surface area contributed by atoms with Gasteiger partial charge in [0.25, 0.3) is 0 Å². The van der Waals surface area contributed by atoms with Crippen molar-refractivity contribution in [3.05, 3.63) is 28.8 Å². The zero-order valence-corrected chi connectivity index (χ0v) is 13.7. The monoisotopic (exact) mass is 316 g/mol. The Labute approximate surface area is 128 Å². The minimum absolute atomic E-state index is 0.0325. The van der Waals surface area contributed by atoms with Crippen molar-refractivity contribution < 1.29 is 4.39 Å². The van der Waals surface area contributed by atoms with E-state index >= 15 is 0 Å². The van der Waals surface area contributed by atoms with Gasteiger partial charge in [-0.1, -0.05) is 32.4 Å². The standard InChI is InChI=1S/C15H19Cl2FN2/c1-9(15(2,3)4)20-13-8-11(18)10(17)7-12(13)19-14(20)5-6-16/h7-9H,5-6H2,1-4H3. The average Bonchev–Trinajstić information content (AvgIpc) is 2.65. The lowest BCUT2D eigenvalue weighted by Crippen LogP contribution is -2.23. The van der Waals surface area contributed by atoms with E-state index in [-0.39, 0.29) is 16.5 Å². The number of alkyl halides is 1. The smallest absolute Gasteiger partial charge is 0.144 e. The average molecular weight is 317 g/mol. The third-order valence-corrected chi connectivity index (χ3v) is 4.24. The summed E-state index contributed by atoms with van der Waals surface area (Å²) in [5.41, 5.74) is 1.52. The van der Waals surface area contributed by atoms with Crippen molar-refractivity contribution in [3.63, 3.8) is 0 Å². The topological polar surface area (TPSA) is 17.8 Å². The number of hydrogen-bond donors (Lipinski definition) is 0. The lowest BCUT2D eigenvalue weighted by molar-refractivity contribution is 0.263. The predicted octanol–water partition coefficient (Wildman–Crippen LogP) is 5.22. The van der Waals surface area contributed by atoms with Crippen LogP contribution in [0.25, 0.3) is 11.0 Å². The van der Waals surface area contributed by atoms with E-state index in [9.17, 15) is 4.39 Å². The normalized spacial score (nSPS) is 13.9. The van der Waals surface area contributed by atoms with Crippen LogP contribution in [-0.2, 0) is 6.42 Å². The van der Waals surface area contributed by atoms with E-state index in [0.29, 0.717) is 17.8 Å². The molecule has 1 aromatic carbocycles. The molecule has 1 heterocycles. The van der Waals surface area contributed by atoms with E-state index in [0.717, 1.165) is 11.3 Å². The number of aromatic nitrogens is 2. The number of aryl methyl sites for hydroxylation is 1. The van der Waals surface area contributed by atoms with Crippen molar-refractivity contribution in [2.45, 2.75) is 40.2 Å². The van der Waals surface area contributed by atoms with Gasteiger partial charge in [0, 0.05) is 24.4 Å². The van der Waals surface area contributed by atoms with E-state index in [1.165, 1.54) is 6.07 Å². The molecule has 1 aromatic heterocycles. The third-order valence-electron chi connectivity index (χ3n) is 3.76. The lowest BCUT2D eigenvalue weighted by atomic mass is 9.87. The summed E-state index contributed by atoms with van der Waals surface area (Å²) in [7, 11) is 0. The zero-order chi connectivity index (χ0) is 15.1. The van der Waals surface area contributed by atoms with Gasteiger partial charge >= 0.3 is 0 Å². The van der Waals surface area contributed by atoms with Gasteiger partial charge in [-0.15, -0.1) is 11.6 Å². The van der Waals surface area contributed by atoms with Gasteiger partial charge in [0.05, 0.1) is 16.1 Å². The van der Waals surface area contributed by atoms with Crippen LogP contribution in [-0.4, -0.2) is 15.4 Å². The van der Waals surface area contributed by atoms with Crippen LogP contribution in [0.4, 0.5) is 4.39 Å². The zero-order valence-electron chi connectivity index (χ0n) is 12.2. The maximum atomic E-state index is 13.8. The number of fused-ring (bicyclic) bond motifs is 1. The Morgan fingerprint density at radius 1 is 1.35 bits per heavy atom. The molecule has 1 atom stereocenters. The van der Waals surface area contributed by atoms with Crippen LogP contribution in [0.15, 0.2) is 12.1 Å². The Bertz CT molecular complexity index is 629. The Morgan fingerprint density at radius 2 is 2.00 bits per heavy atom. The van der Waals surface area contributed by atoms with Gasteiger partial charge in [-0.05, 0) is 18.4 Å². The maximum absolute atomic E-state index is 13.8. The van der Waals surface area contributed by atoms with E-state index in [1.807, 2.05) is 0 Å². The van der Waals surface area contributed by atoms with Gasteiger partial charge in [-0.2, -0.15) is 0 Å². The molecule has 0 saturated carbocycles. The van der Waals surface area contributed by atoms with Crippen molar-refractivity contribution in [3.8, 4) is 0 Å². The van der Waals surface area contributed by atoms with Crippen LogP contribution in [0.2, 0.25) is 5.02 Å². The molecule has 0 radical (unpaired) electrons. The summed E-state index contributed by atoms with van der Waals surface area (Å²) in [6.45, 7) is 8.58. The molecule has 110 valence electrons. The maximum Gasteiger partial charge on any atom is 0.144 e. The first-order valence-corrected chi connectivity index (χ1v) is 7.58. The highest BCUT2D eigenvalue weighted by molar-refractivity contribution is 6.31. The summed E-state index contributed by atoms with van der Waals surface area (Å²) in [6, 6.07) is 3.21. The van der Waals surface area contributed by atoms with Gasteiger partial charge in [0.15, 0.2) is 0 Å². The predicted molar refractivity (Wildman–Crippen MR) is 83.3 cm³/mol. The van der Waals surface area contributed by atoms with Crippen molar-refractivity contribution in [1.29, 1.82) is 0 Å². The molecule has 0 saturated heterocycles. The van der Waals surface area contributed by atoms with Gasteiger partial charge in [-0.25, -0.2) is 9.37 Å². The van der Waals surface area contributed by atoms with Crippen LogP contribution in [0, 0.1) is 11.2 Å². The Kier molecular flexibility index (Phi) is 4.31. The van der Waals surface area contributed by atoms with E-state index in [4.69, 9.17) is 23.2 Å². The summed E-state index contributed by atoms with van der Waals surface area (Å²) >= 11 is 11.7. The fourth-order valence-corrected chi connectivity index (χ4v) is 2.55. The van der Waals surface area contributed by atoms with Crippen LogP contribution in [0.3, 0.4) is 0 Å². The fourth-order valence-electron chi connectivity index (χ4n) is 2.22. The van der Waals surface area contributed by atoms with Crippen molar-refractivity contribution in [2.75, 3.05) is 5.88 Å². The largest absolute Gasteiger partial charge is 0.324 e. The highest BCUT2D eigenvalue weighted by Crippen LogP contribution is 2.35. The second-order valence-corrected chi connectivity index (χ2v) is 6.92. The minimum atomic E-state index is -0.418. The third kappa shape index (κ3) is 2.79. The Balaban J connectivity index is 2.71. The summed E-state index contributed by atoms with van der Waals surface area (Å²) in [6.07, 6.45) is 0.649. The van der Waals surface area contributed by atoms with Gasteiger partial charge in [0.1, 0.15) is 11.6 Å². The summed E-state index contributed by atoms with van der Waals surface area (Å²) < 4.78 is 15.9. The molecule has 0 aliphatic rings. The molecule has 0 N–H and O–H groups in total. The molecule has 2 nitrogen and oxygen atoms in total. The molecule has 20 heavy (non-hydrogen) atoms. The molecule has 0 fully saturated rings. The molecule has 2 rings (SSSR count). The molecule has 0 aliphatic heterocycles. The molecule has 0 spiro atoms. The van der Waals surface area contributed by atoms with Crippen LogP contribution >= 0.6 is 23.2 Å². The first kappa shape index (κ1) is 15.6. The molecule has 2 aromatic rings. The SMILES string of the molecule is CC(n1c(CCCl)nc2cc(Cl)c(F)cc21)C(C)(C)C. The van der Waals surface area contributed by atoms with E-state index < -0.39 is 5.82 Å². The number of halogens is 3. The lowest BCUT2D eigenvalue weighted by Gasteiger charge is -2.30. The molecular formula is C15H19Cl2FN2. The fraction of sp³-hybridized carbons (Fsp3) is 0.533. The summed E-state index contributed by atoms with van der Waals surface area (Å²) in [4.78, 5) is 4.57. The molecule has 0 aliphatic carbocycles. The van der Waals surface area contributed by atoms with Gasteiger partial charge in [-0.3, -0.25) is 0 Å². The number of nitrogens with zero attached hydrogens (tertiary/aromatic N) is 2. The number of hydrogen-bond acceptors (Lipinski definition) is 1. The second kappa shape index (κ2) is 5.53. The second-order valence-electron chi connectivity index (χ2n) is 6.13. The van der Waals surface area contributed by atoms with Crippen molar-refractivity contribution >= 4 is 34.2 Å². The quantitative estimate of drug-likeness (QED) is 0.710. The van der Waals surface area contributed by atoms with Crippen LogP contribution < -0.4 is 0 Å². The van der Waals surface area contributed by atoms with Crippen molar-refractivity contribution in [1.82, 2.24) is 9.55 Å².